The van der Waals surface area contributed by atoms with Crippen LogP contribution < -0.4 is 0 Å². The molecule has 0 unspecified atom stereocenters. The fourth-order valence-electron chi connectivity index (χ4n) is 10.8. The summed E-state index contributed by atoms with van der Waals surface area (Å²) >= 11 is -0.538. The van der Waals surface area contributed by atoms with Gasteiger partial charge in [0.2, 0.25) is 0 Å². The predicted octanol–water partition coefficient (Wildman–Crippen LogP) is 14.2. The van der Waals surface area contributed by atoms with Crippen LogP contribution in [0.3, 0.4) is 0 Å². The summed E-state index contributed by atoms with van der Waals surface area (Å²) in [6.45, 7) is 55.2. The molecule has 1 aliphatic heterocycles. The molecule has 0 nitrogen and oxygen atoms in total. The van der Waals surface area contributed by atoms with Crippen molar-refractivity contribution in [2.45, 2.75) is 174 Å². The molecule has 0 saturated heterocycles. The minimum absolute atomic E-state index is 0.230. The second-order valence-electron chi connectivity index (χ2n) is 22.1. The Balaban J connectivity index is 3.07. The summed E-state index contributed by atoms with van der Waals surface area (Å²) in [6.07, 6.45) is 0. The Morgan fingerprint density at radius 1 is 0.469 bits per heavy atom. The Morgan fingerprint density at radius 3 is 1.10 bits per heavy atom. The standard InChI is InChI=1S/C43H75GeSi5/c1-38(2,3)46(19,39(4,5)6)45-37(35-30-26-23-27-31-35)32-44-36(34-28-24-22-25-29-34)33-49(45,47(20,40(7,8)9)41(10,11)12)48(21,42(13,14)15)43(16,17)18/h22-33H,1-21H3. The van der Waals surface area contributed by atoms with Crippen molar-refractivity contribution in [2.75, 3.05) is 0 Å². The third-order valence-corrected chi connectivity index (χ3v) is 109. The summed E-state index contributed by atoms with van der Waals surface area (Å²) in [6, 6.07) is 23.8. The average molecular weight is 805 g/mol. The van der Waals surface area contributed by atoms with Crippen LogP contribution in [-0.4, -0.2) is 52.7 Å². The van der Waals surface area contributed by atoms with Crippen LogP contribution in [0.15, 0.2) is 71.3 Å². The van der Waals surface area contributed by atoms with Crippen molar-refractivity contribution in [3.05, 3.63) is 82.4 Å². The van der Waals surface area contributed by atoms with Crippen LogP contribution >= 0.6 is 0 Å². The van der Waals surface area contributed by atoms with E-state index in [1.807, 2.05) is 5.20 Å². The van der Waals surface area contributed by atoms with E-state index in [1.165, 1.54) is 5.56 Å². The van der Waals surface area contributed by atoms with Crippen molar-refractivity contribution in [1.82, 2.24) is 0 Å². The van der Waals surface area contributed by atoms with Gasteiger partial charge >= 0.3 is 319 Å². The number of hydrogen-bond donors (Lipinski definition) is 0. The SMILES string of the molecule is CC(C)(C)[Si](C)([Si]1C(c2ccccc2)=[CH][Ge][C](c2ccccc2)=C[Si]1([Si](C)(C(C)(C)C)C(C)(C)C)[Si](C)(C(C)(C)C)C(C)(C)C)C(C)(C)C. The van der Waals surface area contributed by atoms with Gasteiger partial charge in [-0.2, -0.15) is 0 Å². The molecule has 2 aromatic carbocycles. The molecule has 0 fully saturated rings. The summed E-state index contributed by atoms with van der Waals surface area (Å²) in [5.41, 5.74) is 6.40. The number of rotatable bonds is 5. The zero-order valence-corrected chi connectivity index (χ0v) is 43.0. The van der Waals surface area contributed by atoms with Crippen molar-refractivity contribution in [2.24, 2.45) is 0 Å². The first-order valence-corrected chi connectivity index (χ1v) is 36.3. The minimum atomic E-state index is -2.52. The number of hydrogen-bond acceptors (Lipinski definition) is 0. The normalized spacial score (nSPS) is 18.1. The second kappa shape index (κ2) is 13.4. The van der Waals surface area contributed by atoms with Gasteiger partial charge < -0.3 is 0 Å². The average Bonchev–Trinajstić information content (AvgIpc) is 3.12. The molecular weight excluding hydrogens is 730 g/mol. The molecule has 3 radical (unpaired) electrons. The molecule has 0 aliphatic carbocycles. The van der Waals surface area contributed by atoms with Crippen LogP contribution in [0.5, 0.6) is 0 Å². The molecule has 271 valence electrons. The van der Waals surface area contributed by atoms with E-state index in [2.05, 4.69) is 216 Å². The van der Waals surface area contributed by atoms with Gasteiger partial charge in [-0.15, -0.1) is 0 Å². The molecule has 3 rings (SSSR count). The Morgan fingerprint density at radius 2 is 0.796 bits per heavy atom. The first kappa shape index (κ1) is 43.0. The molecule has 2 aromatic rings. The zero-order valence-electron chi connectivity index (χ0n) is 35.9. The third kappa shape index (κ3) is 6.68. The van der Waals surface area contributed by atoms with Gasteiger partial charge in [-0.1, -0.05) is 0 Å². The summed E-state index contributed by atoms with van der Waals surface area (Å²) in [7, 11) is -7.95. The van der Waals surface area contributed by atoms with Gasteiger partial charge in [0.1, 0.15) is 0 Å². The van der Waals surface area contributed by atoms with Crippen molar-refractivity contribution in [3.8, 4) is 0 Å². The molecule has 0 N–H and O–H groups in total. The molecule has 0 amide bonds. The monoisotopic (exact) mass is 805 g/mol. The van der Waals surface area contributed by atoms with Gasteiger partial charge in [-0.05, 0) is 0 Å². The van der Waals surface area contributed by atoms with Crippen LogP contribution in [0.25, 0.3) is 9.60 Å². The molecule has 49 heavy (non-hydrogen) atoms. The number of benzene rings is 2. The quantitative estimate of drug-likeness (QED) is 0.264. The van der Waals surface area contributed by atoms with Crippen molar-refractivity contribution in [3.63, 3.8) is 0 Å². The van der Waals surface area contributed by atoms with E-state index in [1.54, 1.807) is 9.97 Å². The zero-order chi connectivity index (χ0) is 38.1. The van der Waals surface area contributed by atoms with E-state index in [4.69, 9.17) is 0 Å². The van der Waals surface area contributed by atoms with E-state index in [0.717, 1.165) is 0 Å². The van der Waals surface area contributed by atoms with Crippen LogP contribution in [-0.2, 0) is 0 Å². The molecule has 0 spiro atoms. The topological polar surface area (TPSA) is 0 Å². The summed E-state index contributed by atoms with van der Waals surface area (Å²) in [4.78, 5) is 2.96. The van der Waals surface area contributed by atoms with Gasteiger partial charge in [0, 0.05) is 0 Å². The Hall–Kier alpha value is -0.453. The maximum absolute atomic E-state index is 3.33. The third-order valence-electron chi connectivity index (χ3n) is 14.6. The van der Waals surface area contributed by atoms with Gasteiger partial charge in [0.25, 0.3) is 0 Å². The van der Waals surface area contributed by atoms with Crippen molar-refractivity contribution >= 4 is 62.3 Å². The Kier molecular flexibility index (Phi) is 11.8. The molecule has 1 heterocycles. The van der Waals surface area contributed by atoms with Crippen LogP contribution in [0.2, 0.25) is 49.9 Å². The Labute approximate surface area is 317 Å². The van der Waals surface area contributed by atoms with E-state index in [0.29, 0.717) is 0 Å². The van der Waals surface area contributed by atoms with Gasteiger partial charge in [-0.25, -0.2) is 0 Å². The van der Waals surface area contributed by atoms with E-state index in [9.17, 15) is 0 Å². The predicted molar refractivity (Wildman–Crippen MR) is 239 cm³/mol. The molecular formula is C43H75GeSi5. The van der Waals surface area contributed by atoms with Crippen LogP contribution in [0.1, 0.15) is 136 Å². The van der Waals surface area contributed by atoms with Gasteiger partial charge in [-0.3, -0.25) is 0 Å². The second-order valence-corrected chi connectivity index (χ2v) is 68.4. The summed E-state index contributed by atoms with van der Waals surface area (Å²) < 4.78 is 1.76. The first-order chi connectivity index (χ1) is 21.8. The molecule has 0 aromatic heterocycles. The van der Waals surface area contributed by atoms with Crippen LogP contribution in [0, 0.1) is 0 Å². The fraction of sp³-hybridized carbons (Fsp3) is 0.628. The van der Waals surface area contributed by atoms with Crippen molar-refractivity contribution in [1.29, 1.82) is 0 Å². The van der Waals surface area contributed by atoms with E-state index >= 15 is 0 Å². The Bertz CT molecular complexity index is 1430. The van der Waals surface area contributed by atoms with Crippen molar-refractivity contribution < 1.29 is 0 Å². The maximum atomic E-state index is 3.33. The fourth-order valence-corrected chi connectivity index (χ4v) is 163. The molecule has 0 bridgehead atoms. The van der Waals surface area contributed by atoms with Gasteiger partial charge in [0.05, 0.1) is 0 Å². The van der Waals surface area contributed by atoms with E-state index < -0.39 is 52.7 Å². The first-order valence-electron chi connectivity index (χ1n) is 19.0. The summed E-state index contributed by atoms with van der Waals surface area (Å²) in [5.74, 6) is 0. The molecule has 6 heteroatoms. The molecule has 0 atom stereocenters. The molecule has 1 aliphatic rings. The van der Waals surface area contributed by atoms with Crippen LogP contribution in [0.4, 0.5) is 0 Å². The molecule has 0 saturated carbocycles. The summed E-state index contributed by atoms with van der Waals surface area (Å²) in [5, 5.41) is 3.28. The van der Waals surface area contributed by atoms with E-state index in [-0.39, 0.29) is 30.2 Å². The van der Waals surface area contributed by atoms with Gasteiger partial charge in [0.15, 0.2) is 0 Å².